The first-order valence-corrected chi connectivity index (χ1v) is 5.29. The zero-order chi connectivity index (χ0) is 11.7. The van der Waals surface area contributed by atoms with Crippen molar-refractivity contribution in [1.29, 1.82) is 0 Å². The molecule has 0 bridgehead atoms. The second-order valence-electron chi connectivity index (χ2n) is 3.30. The van der Waals surface area contributed by atoms with Crippen molar-refractivity contribution in [1.82, 2.24) is 0 Å². The van der Waals surface area contributed by atoms with Gasteiger partial charge in [-0.1, -0.05) is 15.9 Å². The zero-order valence-electron chi connectivity index (χ0n) is 8.07. The fourth-order valence-corrected chi connectivity index (χ4v) is 1.80. The van der Waals surface area contributed by atoms with Crippen molar-refractivity contribution in [2.45, 2.75) is 0 Å². The third kappa shape index (κ3) is 2.21. The van der Waals surface area contributed by atoms with Crippen LogP contribution in [0.5, 0.6) is 0 Å². The van der Waals surface area contributed by atoms with Crippen LogP contribution < -0.4 is 4.90 Å². The van der Waals surface area contributed by atoms with Crippen molar-refractivity contribution in [3.8, 4) is 0 Å². The number of hydrogen-bond acceptors (Lipinski definition) is 4. The van der Waals surface area contributed by atoms with Gasteiger partial charge in [0.1, 0.15) is 18.9 Å². The monoisotopic (exact) mass is 287 g/mol. The summed E-state index contributed by atoms with van der Waals surface area (Å²) >= 11 is 3.13. The smallest absolute Gasteiger partial charge is 0.333 e. The first kappa shape index (κ1) is 11.1. The van der Waals surface area contributed by atoms with Gasteiger partial charge >= 0.3 is 11.9 Å². The molecule has 4 nitrogen and oxygen atoms in total. The fourth-order valence-electron chi connectivity index (χ4n) is 1.47. The summed E-state index contributed by atoms with van der Waals surface area (Å²) in [5, 5.41) is 0. The SMILES string of the molecule is O=C1CN(c2ccc(Br)cc2F)CC(=O)O1. The fraction of sp³-hybridized carbons (Fsp3) is 0.200. The van der Waals surface area contributed by atoms with Crippen LogP contribution in [-0.4, -0.2) is 25.0 Å². The second-order valence-corrected chi connectivity index (χ2v) is 4.21. The van der Waals surface area contributed by atoms with Gasteiger partial charge in [-0.25, -0.2) is 14.0 Å². The lowest BCUT2D eigenvalue weighted by molar-refractivity contribution is -0.160. The number of morpholine rings is 1. The van der Waals surface area contributed by atoms with Gasteiger partial charge in [0.05, 0.1) is 5.69 Å². The highest BCUT2D eigenvalue weighted by Gasteiger charge is 2.26. The number of rotatable bonds is 1. The number of nitrogens with zero attached hydrogens (tertiary/aromatic N) is 1. The Bertz CT molecular complexity index is 447. The maximum atomic E-state index is 13.6. The van der Waals surface area contributed by atoms with Gasteiger partial charge in [-0.15, -0.1) is 0 Å². The summed E-state index contributed by atoms with van der Waals surface area (Å²) in [6, 6.07) is 4.42. The summed E-state index contributed by atoms with van der Waals surface area (Å²) in [4.78, 5) is 23.4. The van der Waals surface area contributed by atoms with E-state index < -0.39 is 17.8 Å². The molecule has 6 heteroatoms. The van der Waals surface area contributed by atoms with Gasteiger partial charge in [0.25, 0.3) is 0 Å². The molecule has 2 rings (SSSR count). The first-order chi connectivity index (χ1) is 7.56. The molecule has 0 N–H and O–H groups in total. The molecule has 0 aliphatic carbocycles. The van der Waals surface area contributed by atoms with E-state index in [1.165, 1.54) is 17.0 Å². The Balaban J connectivity index is 2.29. The van der Waals surface area contributed by atoms with Crippen LogP contribution in [0, 0.1) is 5.82 Å². The van der Waals surface area contributed by atoms with Crippen LogP contribution in [-0.2, 0) is 14.3 Å². The molecule has 1 aliphatic rings. The van der Waals surface area contributed by atoms with E-state index >= 15 is 0 Å². The van der Waals surface area contributed by atoms with Crippen molar-refractivity contribution in [3.63, 3.8) is 0 Å². The number of cyclic esters (lactones) is 2. The zero-order valence-corrected chi connectivity index (χ0v) is 9.66. The molecule has 1 aromatic rings. The Hall–Kier alpha value is -1.43. The summed E-state index contributed by atoms with van der Waals surface area (Å²) in [5.41, 5.74) is 0.216. The third-order valence-corrected chi connectivity index (χ3v) is 2.61. The van der Waals surface area contributed by atoms with E-state index in [-0.39, 0.29) is 18.8 Å². The molecule has 1 saturated heterocycles. The molecule has 16 heavy (non-hydrogen) atoms. The minimum absolute atomic E-state index is 0.121. The van der Waals surface area contributed by atoms with Gasteiger partial charge in [-0.3, -0.25) is 0 Å². The molecule has 0 aromatic heterocycles. The van der Waals surface area contributed by atoms with E-state index in [0.717, 1.165) is 0 Å². The molecular formula is C10H7BrFNO3. The van der Waals surface area contributed by atoms with Crippen molar-refractivity contribution < 1.29 is 18.7 Å². The van der Waals surface area contributed by atoms with Gasteiger partial charge in [-0.2, -0.15) is 0 Å². The number of halogens is 2. The van der Waals surface area contributed by atoms with E-state index in [9.17, 15) is 14.0 Å². The molecule has 1 heterocycles. The Morgan fingerprint density at radius 2 is 1.88 bits per heavy atom. The van der Waals surface area contributed by atoms with E-state index in [1.807, 2.05) is 0 Å². The highest BCUT2D eigenvalue weighted by Crippen LogP contribution is 2.24. The Labute approximate surface area is 99.1 Å². The number of anilines is 1. The van der Waals surface area contributed by atoms with Crippen molar-refractivity contribution in [2.75, 3.05) is 18.0 Å². The van der Waals surface area contributed by atoms with Crippen LogP contribution in [0.15, 0.2) is 22.7 Å². The molecule has 84 valence electrons. The maximum Gasteiger partial charge on any atom is 0.333 e. The molecule has 0 amide bonds. The average Bonchev–Trinajstić information content (AvgIpc) is 2.15. The van der Waals surface area contributed by atoms with E-state index in [1.54, 1.807) is 6.07 Å². The molecule has 0 saturated carbocycles. The van der Waals surface area contributed by atoms with Crippen LogP contribution >= 0.6 is 15.9 Å². The van der Waals surface area contributed by atoms with E-state index in [2.05, 4.69) is 20.7 Å². The lowest BCUT2D eigenvalue weighted by Gasteiger charge is -2.26. The van der Waals surface area contributed by atoms with E-state index in [0.29, 0.717) is 4.47 Å². The third-order valence-electron chi connectivity index (χ3n) is 2.12. The quantitative estimate of drug-likeness (QED) is 0.580. The number of benzene rings is 1. The molecule has 1 aromatic carbocycles. The Kier molecular flexibility index (Phi) is 2.91. The van der Waals surface area contributed by atoms with Crippen molar-refractivity contribution in [3.05, 3.63) is 28.5 Å². The van der Waals surface area contributed by atoms with Crippen LogP contribution in [0.2, 0.25) is 0 Å². The molecule has 1 fully saturated rings. The van der Waals surface area contributed by atoms with Gasteiger partial charge in [0.2, 0.25) is 0 Å². The highest BCUT2D eigenvalue weighted by atomic mass is 79.9. The van der Waals surface area contributed by atoms with Gasteiger partial charge < -0.3 is 9.64 Å². The van der Waals surface area contributed by atoms with E-state index in [4.69, 9.17) is 0 Å². The number of ether oxygens (including phenoxy) is 1. The lowest BCUT2D eigenvalue weighted by atomic mass is 10.2. The lowest BCUT2D eigenvalue weighted by Crippen LogP contribution is -2.43. The number of carbonyl (C=O) groups excluding carboxylic acids is 2. The Morgan fingerprint density at radius 1 is 1.25 bits per heavy atom. The second kappa shape index (κ2) is 4.21. The topological polar surface area (TPSA) is 46.6 Å². The predicted molar refractivity (Wildman–Crippen MR) is 57.4 cm³/mol. The van der Waals surface area contributed by atoms with Crippen LogP contribution in [0.25, 0.3) is 0 Å². The minimum atomic E-state index is -0.668. The Morgan fingerprint density at radius 3 is 2.44 bits per heavy atom. The maximum absolute atomic E-state index is 13.6. The molecule has 1 aliphatic heterocycles. The molecule has 0 unspecified atom stereocenters. The summed E-state index contributed by atoms with van der Waals surface area (Å²) in [6.45, 7) is -0.241. The summed E-state index contributed by atoms with van der Waals surface area (Å²) < 4.78 is 18.5. The minimum Gasteiger partial charge on any atom is -0.390 e. The van der Waals surface area contributed by atoms with Crippen molar-refractivity contribution in [2.24, 2.45) is 0 Å². The van der Waals surface area contributed by atoms with Crippen molar-refractivity contribution >= 4 is 33.6 Å². The first-order valence-electron chi connectivity index (χ1n) is 4.50. The normalized spacial score (nSPS) is 16.2. The van der Waals surface area contributed by atoms with Gasteiger partial charge in [0.15, 0.2) is 0 Å². The van der Waals surface area contributed by atoms with Crippen LogP contribution in [0.1, 0.15) is 0 Å². The van der Waals surface area contributed by atoms with Crippen LogP contribution in [0.4, 0.5) is 10.1 Å². The molecule has 0 radical (unpaired) electrons. The summed E-state index contributed by atoms with van der Waals surface area (Å²) in [7, 11) is 0. The van der Waals surface area contributed by atoms with Crippen LogP contribution in [0.3, 0.4) is 0 Å². The summed E-state index contributed by atoms with van der Waals surface area (Å²) in [5.74, 6) is -1.82. The number of carbonyl (C=O) groups is 2. The number of hydrogen-bond donors (Lipinski definition) is 0. The number of esters is 2. The molecule has 0 atom stereocenters. The predicted octanol–water partition coefficient (Wildman–Crippen LogP) is 1.48. The highest BCUT2D eigenvalue weighted by molar-refractivity contribution is 9.10. The molecule has 0 spiro atoms. The summed E-state index contributed by atoms with van der Waals surface area (Å²) in [6.07, 6.45) is 0. The van der Waals surface area contributed by atoms with Gasteiger partial charge in [0, 0.05) is 4.47 Å². The molecular weight excluding hydrogens is 281 g/mol. The average molecular weight is 288 g/mol. The standard InChI is InChI=1S/C10H7BrFNO3/c11-6-1-2-8(7(12)3-6)13-4-9(14)16-10(15)5-13/h1-3H,4-5H2. The largest absolute Gasteiger partial charge is 0.390 e. The van der Waals surface area contributed by atoms with Gasteiger partial charge in [-0.05, 0) is 18.2 Å².